The van der Waals surface area contributed by atoms with Crippen molar-refractivity contribution >= 4 is 21.7 Å². The summed E-state index contributed by atoms with van der Waals surface area (Å²) in [5, 5.41) is 3.20. The summed E-state index contributed by atoms with van der Waals surface area (Å²) in [7, 11) is 0. The molecule has 0 spiro atoms. The van der Waals surface area contributed by atoms with Crippen molar-refractivity contribution in [1.82, 2.24) is 9.97 Å². The van der Waals surface area contributed by atoms with Crippen LogP contribution in [0, 0.1) is 5.82 Å². The van der Waals surface area contributed by atoms with Gasteiger partial charge in [-0.1, -0.05) is 13.3 Å². The van der Waals surface area contributed by atoms with Crippen LogP contribution in [0.1, 0.15) is 25.8 Å². The van der Waals surface area contributed by atoms with Crippen LogP contribution in [-0.4, -0.2) is 16.5 Å². The molecule has 1 heterocycles. The first kappa shape index (κ1) is 15.7. The van der Waals surface area contributed by atoms with Gasteiger partial charge in [-0.15, -0.1) is 0 Å². The molecule has 0 saturated carbocycles. The molecule has 0 aliphatic carbocycles. The minimum absolute atomic E-state index is 0.355. The summed E-state index contributed by atoms with van der Waals surface area (Å²) in [6.07, 6.45) is 3.16. The largest absolute Gasteiger partial charge is 0.437 e. The van der Waals surface area contributed by atoms with Gasteiger partial charge in [0.15, 0.2) is 0 Å². The average molecular weight is 354 g/mol. The van der Waals surface area contributed by atoms with Crippen molar-refractivity contribution in [3.8, 4) is 11.6 Å². The minimum Gasteiger partial charge on any atom is -0.437 e. The van der Waals surface area contributed by atoms with Crippen LogP contribution in [-0.2, 0) is 6.42 Å². The summed E-state index contributed by atoms with van der Waals surface area (Å²) in [6, 6.07) is 4.30. The van der Waals surface area contributed by atoms with Crippen LogP contribution < -0.4 is 10.1 Å². The highest BCUT2D eigenvalue weighted by Gasteiger charge is 2.14. The molecular formula is C15H17BrFN3O. The maximum Gasteiger partial charge on any atom is 0.227 e. The topological polar surface area (TPSA) is 47.0 Å². The molecule has 4 nitrogen and oxygen atoms in total. The monoisotopic (exact) mass is 353 g/mol. The van der Waals surface area contributed by atoms with Crippen molar-refractivity contribution in [2.75, 3.05) is 11.9 Å². The summed E-state index contributed by atoms with van der Waals surface area (Å²) in [4.78, 5) is 8.43. The van der Waals surface area contributed by atoms with E-state index in [2.05, 4.69) is 38.1 Å². The van der Waals surface area contributed by atoms with Gasteiger partial charge in [-0.05, 0) is 41.4 Å². The lowest BCUT2D eigenvalue weighted by Gasteiger charge is -2.14. The zero-order chi connectivity index (χ0) is 15.2. The second kappa shape index (κ2) is 7.36. The number of rotatable bonds is 6. The molecule has 0 amide bonds. The van der Waals surface area contributed by atoms with Crippen LogP contribution in [0.4, 0.5) is 10.2 Å². The molecule has 6 heteroatoms. The van der Waals surface area contributed by atoms with Gasteiger partial charge in [-0.3, -0.25) is 0 Å². The smallest absolute Gasteiger partial charge is 0.227 e. The van der Waals surface area contributed by atoms with Gasteiger partial charge in [-0.25, -0.2) is 14.4 Å². The third kappa shape index (κ3) is 3.91. The van der Waals surface area contributed by atoms with E-state index >= 15 is 0 Å². The first-order chi connectivity index (χ1) is 10.2. The molecule has 0 fully saturated rings. The van der Waals surface area contributed by atoms with Crippen molar-refractivity contribution in [2.45, 2.75) is 26.7 Å². The van der Waals surface area contributed by atoms with Crippen LogP contribution in [0.2, 0.25) is 0 Å². The molecule has 1 aromatic heterocycles. The normalized spacial score (nSPS) is 10.5. The molecule has 0 aliphatic heterocycles. The van der Waals surface area contributed by atoms with Crippen molar-refractivity contribution in [3.05, 3.63) is 40.4 Å². The molecule has 2 rings (SSSR count). The third-order valence-corrected chi connectivity index (χ3v) is 3.51. The van der Waals surface area contributed by atoms with Crippen molar-refractivity contribution in [3.63, 3.8) is 0 Å². The fraction of sp³-hybridized carbons (Fsp3) is 0.333. The van der Waals surface area contributed by atoms with Crippen molar-refractivity contribution in [2.24, 2.45) is 0 Å². The zero-order valence-electron chi connectivity index (χ0n) is 12.0. The number of nitrogens with zero attached hydrogens (tertiary/aromatic N) is 2. The Bertz CT molecular complexity index is 622. The van der Waals surface area contributed by atoms with Gasteiger partial charge in [0, 0.05) is 12.6 Å². The predicted molar refractivity (Wildman–Crippen MR) is 84.4 cm³/mol. The predicted octanol–water partition coefficient (Wildman–Crippen LogP) is 4.55. The van der Waals surface area contributed by atoms with E-state index in [1.54, 1.807) is 6.07 Å². The summed E-state index contributed by atoms with van der Waals surface area (Å²) in [6.45, 7) is 4.84. The quantitative estimate of drug-likeness (QED) is 0.827. The Labute approximate surface area is 131 Å². The van der Waals surface area contributed by atoms with Gasteiger partial charge in [0.05, 0.1) is 10.0 Å². The molecule has 0 radical (unpaired) electrons. The molecule has 0 unspecified atom stereocenters. The van der Waals surface area contributed by atoms with Crippen LogP contribution in [0.25, 0.3) is 0 Å². The molecular weight excluding hydrogens is 337 g/mol. The first-order valence-corrected chi connectivity index (χ1v) is 7.65. The molecule has 0 aliphatic rings. The number of nitrogens with one attached hydrogen (secondary N) is 1. The van der Waals surface area contributed by atoms with E-state index in [9.17, 15) is 4.39 Å². The number of halogens is 2. The number of hydrogen-bond donors (Lipinski definition) is 1. The van der Waals surface area contributed by atoms with Gasteiger partial charge >= 0.3 is 0 Å². The van der Waals surface area contributed by atoms with E-state index in [1.807, 2.05) is 6.92 Å². The Morgan fingerprint density at radius 2 is 2.10 bits per heavy atom. The van der Waals surface area contributed by atoms with E-state index in [4.69, 9.17) is 4.74 Å². The molecule has 0 atom stereocenters. The average Bonchev–Trinajstić information content (AvgIpc) is 2.46. The highest BCUT2D eigenvalue weighted by Crippen LogP contribution is 2.33. The van der Waals surface area contributed by atoms with E-state index in [-0.39, 0.29) is 5.82 Å². The Hall–Kier alpha value is -1.69. The van der Waals surface area contributed by atoms with Gasteiger partial charge in [0.2, 0.25) is 5.88 Å². The number of aromatic nitrogens is 2. The lowest BCUT2D eigenvalue weighted by Crippen LogP contribution is -2.06. The fourth-order valence-corrected chi connectivity index (χ4v) is 2.27. The van der Waals surface area contributed by atoms with E-state index in [0.29, 0.717) is 16.1 Å². The second-order valence-electron chi connectivity index (χ2n) is 4.46. The van der Waals surface area contributed by atoms with Gasteiger partial charge in [0.1, 0.15) is 23.7 Å². The Kier molecular flexibility index (Phi) is 5.50. The van der Waals surface area contributed by atoms with Gasteiger partial charge in [0.25, 0.3) is 0 Å². The highest BCUT2D eigenvalue weighted by molar-refractivity contribution is 9.10. The van der Waals surface area contributed by atoms with Crippen molar-refractivity contribution < 1.29 is 9.13 Å². The summed E-state index contributed by atoms with van der Waals surface area (Å²) < 4.78 is 19.8. The highest BCUT2D eigenvalue weighted by atomic mass is 79.9. The molecule has 2 aromatic rings. The molecule has 1 aromatic carbocycles. The molecule has 0 bridgehead atoms. The minimum atomic E-state index is -0.355. The SMILES string of the molecule is CCCc1c(NCC)ncnc1Oc1cc(F)ccc1Br. The van der Waals surface area contributed by atoms with Crippen LogP contribution in [0.3, 0.4) is 0 Å². The number of ether oxygens (including phenoxy) is 1. The Balaban J connectivity index is 2.38. The number of anilines is 1. The number of hydrogen-bond acceptors (Lipinski definition) is 4. The van der Waals surface area contributed by atoms with Crippen LogP contribution in [0.5, 0.6) is 11.6 Å². The first-order valence-electron chi connectivity index (χ1n) is 6.86. The van der Waals surface area contributed by atoms with Crippen molar-refractivity contribution in [1.29, 1.82) is 0 Å². The summed E-state index contributed by atoms with van der Waals surface area (Å²) in [5.74, 6) is 1.26. The molecule has 112 valence electrons. The number of benzene rings is 1. The van der Waals surface area contributed by atoms with Crippen LogP contribution in [0.15, 0.2) is 29.0 Å². The second-order valence-corrected chi connectivity index (χ2v) is 5.32. The van der Waals surface area contributed by atoms with E-state index in [1.165, 1.54) is 18.5 Å². The fourth-order valence-electron chi connectivity index (χ4n) is 1.94. The van der Waals surface area contributed by atoms with E-state index in [0.717, 1.165) is 30.8 Å². The Morgan fingerprint density at radius 1 is 1.29 bits per heavy atom. The van der Waals surface area contributed by atoms with Gasteiger partial charge in [-0.2, -0.15) is 0 Å². The molecule has 0 saturated heterocycles. The standard InChI is InChI=1S/C15H17BrFN3O/c1-3-5-11-14(18-4-2)19-9-20-15(11)21-13-8-10(17)6-7-12(13)16/h6-9H,3-5H2,1-2H3,(H,18,19,20). The zero-order valence-corrected chi connectivity index (χ0v) is 13.6. The maximum atomic E-state index is 13.4. The van der Waals surface area contributed by atoms with E-state index < -0.39 is 0 Å². The van der Waals surface area contributed by atoms with Gasteiger partial charge < -0.3 is 10.1 Å². The molecule has 21 heavy (non-hydrogen) atoms. The lowest BCUT2D eigenvalue weighted by atomic mass is 10.1. The summed E-state index contributed by atoms with van der Waals surface area (Å²) >= 11 is 3.35. The summed E-state index contributed by atoms with van der Waals surface area (Å²) in [5.41, 5.74) is 0.901. The molecule has 1 N–H and O–H groups in total. The Morgan fingerprint density at radius 3 is 2.81 bits per heavy atom. The maximum absolute atomic E-state index is 13.4. The van der Waals surface area contributed by atoms with Crippen LogP contribution >= 0.6 is 15.9 Å². The lowest BCUT2D eigenvalue weighted by molar-refractivity contribution is 0.447. The third-order valence-electron chi connectivity index (χ3n) is 2.85.